The number of aryl methyl sites for hydroxylation is 1. The number of anilines is 2. The predicted octanol–water partition coefficient (Wildman–Crippen LogP) is 0.421. The maximum atomic E-state index is 12.4. The summed E-state index contributed by atoms with van der Waals surface area (Å²) in [5, 5.41) is 4.37. The molecule has 0 aliphatic carbocycles. The lowest BCUT2D eigenvalue weighted by atomic mass is 10.2. The van der Waals surface area contributed by atoms with Gasteiger partial charge in [0, 0.05) is 32.5 Å². The number of amides is 2. The highest BCUT2D eigenvalue weighted by molar-refractivity contribution is 6.33. The largest absolute Gasteiger partial charge is 0.366 e. The highest BCUT2D eigenvalue weighted by atomic mass is 35.5. The van der Waals surface area contributed by atoms with Gasteiger partial charge in [0.2, 0.25) is 11.8 Å². The Morgan fingerprint density at radius 2 is 2.13 bits per heavy atom. The van der Waals surface area contributed by atoms with Crippen LogP contribution in [0.4, 0.5) is 11.5 Å². The van der Waals surface area contributed by atoms with Crippen molar-refractivity contribution in [1.82, 2.24) is 14.8 Å². The van der Waals surface area contributed by atoms with Gasteiger partial charge in [-0.25, -0.2) is 4.98 Å². The quantitative estimate of drug-likeness (QED) is 0.877. The van der Waals surface area contributed by atoms with Gasteiger partial charge in [0.1, 0.15) is 5.82 Å². The summed E-state index contributed by atoms with van der Waals surface area (Å²) in [5.41, 5.74) is 6.20. The van der Waals surface area contributed by atoms with Crippen molar-refractivity contribution in [3.05, 3.63) is 35.2 Å². The van der Waals surface area contributed by atoms with Crippen molar-refractivity contribution in [2.45, 2.75) is 0 Å². The minimum Gasteiger partial charge on any atom is -0.366 e. The van der Waals surface area contributed by atoms with Gasteiger partial charge < -0.3 is 15.5 Å². The minimum absolute atomic E-state index is 0.0684. The van der Waals surface area contributed by atoms with E-state index in [4.69, 9.17) is 17.3 Å². The van der Waals surface area contributed by atoms with Crippen LogP contribution < -0.4 is 15.5 Å². The average molecular weight is 335 g/mol. The summed E-state index contributed by atoms with van der Waals surface area (Å²) >= 11 is 6.16. The molecule has 0 aromatic carbocycles. The molecule has 120 valence electrons. The lowest BCUT2D eigenvalue weighted by Crippen LogP contribution is -2.51. The average Bonchev–Trinajstić information content (AvgIpc) is 2.93. The molecule has 2 aromatic rings. The highest BCUT2D eigenvalue weighted by Crippen LogP contribution is 2.26. The molecule has 2 aromatic heterocycles. The van der Waals surface area contributed by atoms with Crippen LogP contribution in [0.25, 0.3) is 0 Å². The van der Waals surface area contributed by atoms with Crippen LogP contribution in [-0.2, 0) is 11.8 Å². The van der Waals surface area contributed by atoms with Crippen LogP contribution >= 0.6 is 11.6 Å². The highest BCUT2D eigenvalue weighted by Gasteiger charge is 2.27. The van der Waals surface area contributed by atoms with Gasteiger partial charge in [0.05, 0.1) is 29.0 Å². The van der Waals surface area contributed by atoms with E-state index >= 15 is 0 Å². The van der Waals surface area contributed by atoms with Gasteiger partial charge >= 0.3 is 0 Å². The van der Waals surface area contributed by atoms with E-state index in [1.807, 2.05) is 0 Å². The molecule has 2 amide bonds. The van der Waals surface area contributed by atoms with Crippen LogP contribution in [0.2, 0.25) is 5.02 Å². The number of nitrogens with two attached hydrogens (primary N) is 1. The van der Waals surface area contributed by atoms with Crippen LogP contribution in [0.15, 0.2) is 24.7 Å². The zero-order valence-electron chi connectivity index (χ0n) is 12.4. The van der Waals surface area contributed by atoms with Gasteiger partial charge in [0.15, 0.2) is 0 Å². The zero-order chi connectivity index (χ0) is 16.6. The first-order valence-corrected chi connectivity index (χ1v) is 7.33. The van der Waals surface area contributed by atoms with E-state index < -0.39 is 5.91 Å². The first-order chi connectivity index (χ1) is 11.0. The van der Waals surface area contributed by atoms with Crippen molar-refractivity contribution < 1.29 is 9.59 Å². The Hall–Kier alpha value is -2.61. The molecule has 2 N–H and O–H groups in total. The van der Waals surface area contributed by atoms with Crippen molar-refractivity contribution in [2.24, 2.45) is 12.8 Å². The van der Waals surface area contributed by atoms with Gasteiger partial charge in [-0.05, 0) is 6.07 Å². The monoisotopic (exact) mass is 334 g/mol. The Bertz CT molecular complexity index is 774. The lowest BCUT2D eigenvalue weighted by Gasteiger charge is -2.34. The number of hydrogen-bond acceptors (Lipinski definition) is 5. The van der Waals surface area contributed by atoms with Gasteiger partial charge in [-0.3, -0.25) is 14.3 Å². The molecule has 1 aliphatic heterocycles. The fourth-order valence-electron chi connectivity index (χ4n) is 2.47. The van der Waals surface area contributed by atoms with Crippen LogP contribution in [0.1, 0.15) is 10.4 Å². The number of aromatic nitrogens is 3. The predicted molar refractivity (Wildman–Crippen MR) is 85.5 cm³/mol. The van der Waals surface area contributed by atoms with Crippen LogP contribution in [0, 0.1) is 0 Å². The maximum Gasteiger partial charge on any atom is 0.250 e. The second-order valence-electron chi connectivity index (χ2n) is 5.23. The Kier molecular flexibility index (Phi) is 3.91. The Morgan fingerprint density at radius 3 is 2.70 bits per heavy atom. The lowest BCUT2D eigenvalue weighted by molar-refractivity contribution is -0.117. The molecule has 0 unspecified atom stereocenters. The second-order valence-corrected chi connectivity index (χ2v) is 5.64. The molecule has 0 bridgehead atoms. The summed E-state index contributed by atoms with van der Waals surface area (Å²) in [5.74, 6) is -0.194. The van der Waals surface area contributed by atoms with Crippen molar-refractivity contribution in [3.63, 3.8) is 0 Å². The number of rotatable bonds is 3. The molecular formula is C14H15ClN6O2. The number of carbonyl (C=O) groups is 2. The van der Waals surface area contributed by atoms with Crippen LogP contribution in [0.5, 0.6) is 0 Å². The number of halogens is 1. The van der Waals surface area contributed by atoms with Gasteiger partial charge in [-0.1, -0.05) is 11.6 Å². The third kappa shape index (κ3) is 2.98. The number of hydrogen-bond donors (Lipinski definition) is 1. The second kappa shape index (κ2) is 5.88. The third-order valence-electron chi connectivity index (χ3n) is 3.63. The van der Waals surface area contributed by atoms with Crippen LogP contribution in [-0.4, -0.2) is 46.2 Å². The maximum absolute atomic E-state index is 12.4. The molecule has 1 saturated heterocycles. The number of pyridine rings is 1. The molecule has 0 spiro atoms. The topological polar surface area (TPSA) is 97.4 Å². The third-order valence-corrected chi connectivity index (χ3v) is 3.91. The fourth-order valence-corrected chi connectivity index (χ4v) is 2.76. The molecule has 9 heteroatoms. The summed E-state index contributed by atoms with van der Waals surface area (Å²) in [6.07, 6.45) is 4.81. The number of piperazine rings is 1. The number of primary amides is 1. The molecule has 0 radical (unpaired) electrons. The summed E-state index contributed by atoms with van der Waals surface area (Å²) in [6.45, 7) is 1.22. The SMILES string of the molecule is Cn1cc(N2CCN(c3ncc(C(N)=O)cc3Cl)CC2=O)cn1. The molecule has 23 heavy (non-hydrogen) atoms. The van der Waals surface area contributed by atoms with E-state index in [1.165, 1.54) is 12.3 Å². The molecule has 8 nitrogen and oxygen atoms in total. The van der Waals surface area contributed by atoms with E-state index in [2.05, 4.69) is 10.1 Å². The van der Waals surface area contributed by atoms with E-state index in [0.29, 0.717) is 23.9 Å². The summed E-state index contributed by atoms with van der Waals surface area (Å²) < 4.78 is 1.65. The summed E-state index contributed by atoms with van der Waals surface area (Å²) in [6, 6.07) is 1.46. The van der Waals surface area contributed by atoms with E-state index in [-0.39, 0.29) is 18.0 Å². The fraction of sp³-hybridized carbons (Fsp3) is 0.286. The Labute approximate surface area is 137 Å². The van der Waals surface area contributed by atoms with E-state index in [1.54, 1.807) is 33.9 Å². The van der Waals surface area contributed by atoms with Gasteiger partial charge in [-0.15, -0.1) is 0 Å². The molecule has 0 saturated carbocycles. The zero-order valence-corrected chi connectivity index (χ0v) is 13.2. The molecule has 0 atom stereocenters. The van der Waals surface area contributed by atoms with E-state index in [0.717, 1.165) is 5.69 Å². The first kappa shape index (κ1) is 15.3. The molecule has 3 rings (SSSR count). The summed E-state index contributed by atoms with van der Waals surface area (Å²) in [7, 11) is 1.80. The van der Waals surface area contributed by atoms with Crippen molar-refractivity contribution in [3.8, 4) is 0 Å². The Morgan fingerprint density at radius 1 is 1.35 bits per heavy atom. The standard InChI is InChI=1S/C14H15ClN6O2/c1-19-7-10(6-18-19)21-3-2-20(8-12(21)22)14-11(15)4-9(5-17-14)13(16)23/h4-7H,2-3,8H2,1H3,(H2,16,23). The van der Waals surface area contributed by atoms with Crippen LogP contribution in [0.3, 0.4) is 0 Å². The first-order valence-electron chi connectivity index (χ1n) is 6.95. The van der Waals surface area contributed by atoms with Gasteiger partial charge in [-0.2, -0.15) is 5.10 Å². The molecule has 1 fully saturated rings. The van der Waals surface area contributed by atoms with Crippen molar-refractivity contribution in [1.29, 1.82) is 0 Å². The number of carbonyl (C=O) groups excluding carboxylic acids is 2. The minimum atomic E-state index is -0.594. The molecule has 1 aliphatic rings. The summed E-state index contributed by atoms with van der Waals surface area (Å²) in [4.78, 5) is 31.1. The molecule has 3 heterocycles. The number of nitrogens with zero attached hydrogens (tertiary/aromatic N) is 5. The van der Waals surface area contributed by atoms with Crippen molar-refractivity contribution >= 4 is 34.9 Å². The van der Waals surface area contributed by atoms with E-state index in [9.17, 15) is 9.59 Å². The van der Waals surface area contributed by atoms with Gasteiger partial charge in [0.25, 0.3) is 0 Å². The van der Waals surface area contributed by atoms with Crippen molar-refractivity contribution in [2.75, 3.05) is 29.4 Å². The smallest absolute Gasteiger partial charge is 0.250 e. The Balaban J connectivity index is 1.77. The molecular weight excluding hydrogens is 320 g/mol. The normalized spacial score (nSPS) is 15.1.